The number of nitrogens with one attached hydrogen (secondary N) is 1. The maximum atomic E-state index is 12.3. The molecule has 2 amide bonds. The lowest BCUT2D eigenvalue weighted by molar-refractivity contribution is -0.120. The van der Waals surface area contributed by atoms with Gasteiger partial charge in [-0.2, -0.15) is 0 Å². The van der Waals surface area contributed by atoms with Crippen LogP contribution in [0.1, 0.15) is 38.2 Å². The van der Waals surface area contributed by atoms with Gasteiger partial charge in [-0.25, -0.2) is 0 Å². The summed E-state index contributed by atoms with van der Waals surface area (Å²) in [5.74, 6) is 2.55. The van der Waals surface area contributed by atoms with E-state index in [0.717, 1.165) is 17.4 Å². The van der Waals surface area contributed by atoms with Gasteiger partial charge in [0.25, 0.3) is 5.91 Å². The van der Waals surface area contributed by atoms with Crippen molar-refractivity contribution < 1.29 is 19.1 Å². The smallest absolute Gasteiger partial charge is 0.255 e. The first-order valence-electron chi connectivity index (χ1n) is 9.54. The van der Waals surface area contributed by atoms with E-state index >= 15 is 0 Å². The summed E-state index contributed by atoms with van der Waals surface area (Å²) in [6.45, 7) is 1.90. The van der Waals surface area contributed by atoms with Crippen molar-refractivity contribution in [2.75, 3.05) is 13.7 Å². The van der Waals surface area contributed by atoms with Gasteiger partial charge in [0, 0.05) is 12.1 Å². The van der Waals surface area contributed by atoms with E-state index in [9.17, 15) is 9.59 Å². The van der Waals surface area contributed by atoms with E-state index in [-0.39, 0.29) is 18.6 Å². The number of nitrogens with two attached hydrogens (primary N) is 1. The second-order valence-electron chi connectivity index (χ2n) is 7.63. The summed E-state index contributed by atoms with van der Waals surface area (Å²) in [7, 11) is 1.52. The van der Waals surface area contributed by atoms with Crippen molar-refractivity contribution in [2.24, 2.45) is 23.5 Å². The fourth-order valence-corrected chi connectivity index (χ4v) is 4.51. The van der Waals surface area contributed by atoms with Crippen LogP contribution in [0.4, 0.5) is 0 Å². The Labute approximate surface area is 160 Å². The van der Waals surface area contributed by atoms with E-state index in [4.69, 9.17) is 15.2 Å². The van der Waals surface area contributed by atoms with Crippen LogP contribution in [0.25, 0.3) is 6.08 Å². The summed E-state index contributed by atoms with van der Waals surface area (Å²) in [6, 6.07) is 5.44. The molecule has 2 aliphatic carbocycles. The van der Waals surface area contributed by atoms with Gasteiger partial charge in [-0.15, -0.1) is 0 Å². The molecule has 2 aliphatic rings. The van der Waals surface area contributed by atoms with Gasteiger partial charge >= 0.3 is 0 Å². The van der Waals surface area contributed by atoms with Crippen LogP contribution in [0, 0.1) is 17.8 Å². The van der Waals surface area contributed by atoms with Crippen LogP contribution in [0.3, 0.4) is 0 Å². The molecule has 6 heteroatoms. The fourth-order valence-electron chi connectivity index (χ4n) is 4.51. The van der Waals surface area contributed by atoms with Gasteiger partial charge in [0.1, 0.15) is 0 Å². The number of fused-ring (bicyclic) bond motifs is 2. The lowest BCUT2D eigenvalue weighted by Gasteiger charge is -2.28. The molecular formula is C21H28N2O4. The van der Waals surface area contributed by atoms with Crippen LogP contribution in [-0.2, 0) is 9.59 Å². The molecule has 6 nitrogen and oxygen atoms in total. The summed E-state index contributed by atoms with van der Waals surface area (Å²) in [6.07, 6.45) is 8.55. The second-order valence-corrected chi connectivity index (χ2v) is 7.63. The molecule has 0 radical (unpaired) electrons. The minimum atomic E-state index is -0.553. The first kappa shape index (κ1) is 19.3. The number of rotatable bonds is 8. The number of amides is 2. The van der Waals surface area contributed by atoms with Crippen molar-refractivity contribution in [3.63, 3.8) is 0 Å². The molecule has 0 heterocycles. The topological polar surface area (TPSA) is 90.7 Å². The summed E-state index contributed by atoms with van der Waals surface area (Å²) >= 11 is 0. The lowest BCUT2D eigenvalue weighted by Crippen LogP contribution is -2.39. The third kappa shape index (κ3) is 4.81. The number of methoxy groups -OCH3 is 1. The molecule has 146 valence electrons. The minimum absolute atomic E-state index is 0.0849. The van der Waals surface area contributed by atoms with Crippen LogP contribution in [-0.4, -0.2) is 31.6 Å². The van der Waals surface area contributed by atoms with Crippen LogP contribution < -0.4 is 20.5 Å². The number of hydrogen-bond acceptors (Lipinski definition) is 4. The molecule has 3 N–H and O–H groups in total. The predicted octanol–water partition coefficient (Wildman–Crippen LogP) is 2.51. The standard InChI is InChI=1S/C21H28N2O4/c1-13(17-10-15-3-6-16(17)9-15)23-21(25)8-5-14-4-7-18(19(11-14)26-2)27-12-20(22)24/h4-5,7-8,11,13,15-17H,3,6,9-10,12H2,1-2H3,(H2,22,24)(H,23,25)/b8-5+. The molecule has 0 aliphatic heterocycles. The number of hydrogen-bond donors (Lipinski definition) is 2. The summed E-state index contributed by atoms with van der Waals surface area (Å²) in [4.78, 5) is 23.1. The average molecular weight is 372 g/mol. The van der Waals surface area contributed by atoms with Gasteiger partial charge in [0.15, 0.2) is 18.1 Å². The van der Waals surface area contributed by atoms with Crippen LogP contribution >= 0.6 is 0 Å². The van der Waals surface area contributed by atoms with E-state index in [0.29, 0.717) is 17.4 Å². The molecular weight excluding hydrogens is 344 g/mol. The van der Waals surface area contributed by atoms with Crippen LogP contribution in [0.2, 0.25) is 0 Å². The Morgan fingerprint density at radius 1 is 1.30 bits per heavy atom. The van der Waals surface area contributed by atoms with Gasteiger partial charge < -0.3 is 20.5 Å². The molecule has 3 rings (SSSR count). The first-order valence-corrected chi connectivity index (χ1v) is 9.54. The average Bonchev–Trinajstić information content (AvgIpc) is 3.28. The molecule has 4 unspecified atom stereocenters. The van der Waals surface area contributed by atoms with Gasteiger partial charge in [-0.1, -0.05) is 12.5 Å². The van der Waals surface area contributed by atoms with Crippen molar-refractivity contribution in [1.29, 1.82) is 0 Å². The minimum Gasteiger partial charge on any atom is -0.493 e. The Morgan fingerprint density at radius 3 is 2.74 bits per heavy atom. The highest BCUT2D eigenvalue weighted by atomic mass is 16.5. The van der Waals surface area contributed by atoms with E-state index in [1.165, 1.54) is 32.8 Å². The molecule has 27 heavy (non-hydrogen) atoms. The Kier molecular flexibility index (Phi) is 6.04. The van der Waals surface area contributed by atoms with Crippen LogP contribution in [0.5, 0.6) is 11.5 Å². The maximum Gasteiger partial charge on any atom is 0.255 e. The summed E-state index contributed by atoms with van der Waals surface area (Å²) in [5.41, 5.74) is 5.89. The predicted molar refractivity (Wildman–Crippen MR) is 103 cm³/mol. The highest BCUT2D eigenvalue weighted by Crippen LogP contribution is 2.49. The maximum absolute atomic E-state index is 12.3. The quantitative estimate of drug-likeness (QED) is 0.686. The van der Waals surface area contributed by atoms with Crippen molar-refractivity contribution >= 4 is 17.9 Å². The van der Waals surface area contributed by atoms with Crippen molar-refractivity contribution in [2.45, 2.75) is 38.6 Å². The van der Waals surface area contributed by atoms with E-state index < -0.39 is 5.91 Å². The van der Waals surface area contributed by atoms with Crippen LogP contribution in [0.15, 0.2) is 24.3 Å². The largest absolute Gasteiger partial charge is 0.493 e. The Bertz CT molecular complexity index is 731. The second kappa shape index (κ2) is 8.46. The first-order chi connectivity index (χ1) is 13.0. The summed E-state index contributed by atoms with van der Waals surface area (Å²) in [5, 5.41) is 3.12. The Balaban J connectivity index is 1.56. The van der Waals surface area contributed by atoms with Gasteiger partial charge in [-0.05, 0) is 67.7 Å². The molecule has 0 aromatic heterocycles. The monoisotopic (exact) mass is 372 g/mol. The number of ether oxygens (including phenoxy) is 2. The van der Waals surface area contributed by atoms with Crippen molar-refractivity contribution in [1.82, 2.24) is 5.32 Å². The number of benzene rings is 1. The molecule has 2 bridgehead atoms. The van der Waals surface area contributed by atoms with E-state index in [1.54, 1.807) is 30.4 Å². The molecule has 1 aromatic rings. The molecule has 0 spiro atoms. The zero-order valence-electron chi connectivity index (χ0n) is 15.9. The Hall–Kier alpha value is -2.50. The number of primary amides is 1. The number of carbonyl (C=O) groups excluding carboxylic acids is 2. The fraction of sp³-hybridized carbons (Fsp3) is 0.524. The van der Waals surface area contributed by atoms with E-state index in [2.05, 4.69) is 12.2 Å². The zero-order valence-corrected chi connectivity index (χ0v) is 15.9. The third-order valence-corrected chi connectivity index (χ3v) is 5.79. The highest BCUT2D eigenvalue weighted by Gasteiger charge is 2.41. The highest BCUT2D eigenvalue weighted by molar-refractivity contribution is 5.92. The molecule has 4 atom stereocenters. The van der Waals surface area contributed by atoms with Gasteiger partial charge in [0.2, 0.25) is 5.91 Å². The lowest BCUT2D eigenvalue weighted by atomic mass is 9.84. The van der Waals surface area contributed by atoms with Crippen molar-refractivity contribution in [3.05, 3.63) is 29.8 Å². The molecule has 2 fully saturated rings. The SMILES string of the molecule is COc1cc(/C=C/C(=O)NC(C)C2CC3CCC2C3)ccc1OCC(N)=O. The molecule has 0 saturated heterocycles. The summed E-state index contributed by atoms with van der Waals surface area (Å²) < 4.78 is 10.6. The molecule has 2 saturated carbocycles. The zero-order chi connectivity index (χ0) is 19.4. The third-order valence-electron chi connectivity index (χ3n) is 5.79. The van der Waals surface area contributed by atoms with Gasteiger partial charge in [-0.3, -0.25) is 9.59 Å². The number of carbonyl (C=O) groups is 2. The molecule has 1 aromatic carbocycles. The van der Waals surface area contributed by atoms with Crippen molar-refractivity contribution in [3.8, 4) is 11.5 Å². The Morgan fingerprint density at radius 2 is 2.11 bits per heavy atom. The normalized spacial score (nSPS) is 24.7. The van der Waals surface area contributed by atoms with Gasteiger partial charge in [0.05, 0.1) is 7.11 Å². The van der Waals surface area contributed by atoms with E-state index in [1.807, 2.05) is 0 Å².